The van der Waals surface area contributed by atoms with E-state index in [0.29, 0.717) is 18.2 Å². The summed E-state index contributed by atoms with van der Waals surface area (Å²) in [6.45, 7) is 2.39. The topological polar surface area (TPSA) is 73.0 Å². The van der Waals surface area contributed by atoms with Gasteiger partial charge in [-0.25, -0.2) is 4.98 Å². The Morgan fingerprint density at radius 3 is 2.86 bits per heavy atom. The van der Waals surface area contributed by atoms with Crippen LogP contribution in [0.25, 0.3) is 0 Å². The number of aromatic nitrogens is 3. The number of imidazole rings is 1. The molecule has 6 nitrogen and oxygen atoms in total. The molecule has 106 valence electrons. The molecule has 6 heteroatoms. The maximum absolute atomic E-state index is 12.0. The first-order chi connectivity index (χ1) is 10.2. The molecule has 1 amide bonds. The molecule has 0 fully saturated rings. The van der Waals surface area contributed by atoms with Gasteiger partial charge in [0.2, 0.25) is 11.7 Å². The highest BCUT2D eigenvalue weighted by Gasteiger charge is 2.14. The van der Waals surface area contributed by atoms with Gasteiger partial charge in [-0.05, 0) is 12.5 Å². The minimum absolute atomic E-state index is 0.168. The van der Waals surface area contributed by atoms with Gasteiger partial charge in [0, 0.05) is 18.5 Å². The zero-order chi connectivity index (χ0) is 14.7. The van der Waals surface area contributed by atoms with Gasteiger partial charge < -0.3 is 9.09 Å². The van der Waals surface area contributed by atoms with E-state index < -0.39 is 0 Å². The van der Waals surface area contributed by atoms with Gasteiger partial charge in [0.15, 0.2) is 0 Å². The van der Waals surface area contributed by atoms with Crippen LogP contribution in [0.5, 0.6) is 0 Å². The van der Waals surface area contributed by atoms with Gasteiger partial charge in [-0.2, -0.15) is 0 Å². The minimum atomic E-state index is -0.365. The van der Waals surface area contributed by atoms with Gasteiger partial charge in [-0.1, -0.05) is 35.5 Å². The number of hydrogen-bond donors (Lipinski definition) is 1. The molecule has 0 radical (unpaired) electrons. The average molecular weight is 282 g/mol. The normalized spacial score (nSPS) is 10.5. The Balaban J connectivity index is 1.75. The lowest BCUT2D eigenvalue weighted by atomic mass is 10.2. The van der Waals surface area contributed by atoms with Crippen molar-refractivity contribution in [3.8, 4) is 0 Å². The van der Waals surface area contributed by atoms with Crippen molar-refractivity contribution in [2.24, 2.45) is 0 Å². The van der Waals surface area contributed by atoms with Crippen LogP contribution in [-0.2, 0) is 6.54 Å². The van der Waals surface area contributed by atoms with Crippen molar-refractivity contribution in [1.29, 1.82) is 0 Å². The van der Waals surface area contributed by atoms with E-state index in [1.165, 1.54) is 0 Å². The fourth-order valence-corrected chi connectivity index (χ4v) is 1.97. The molecule has 0 unspecified atom stereocenters. The van der Waals surface area contributed by atoms with E-state index in [-0.39, 0.29) is 11.7 Å². The summed E-state index contributed by atoms with van der Waals surface area (Å²) in [7, 11) is 0. The second-order valence-corrected chi connectivity index (χ2v) is 4.65. The Hall–Kier alpha value is -2.89. The Bertz CT molecular complexity index is 746. The lowest BCUT2D eigenvalue weighted by molar-refractivity contribution is 0.0986. The second kappa shape index (κ2) is 5.62. The Kier molecular flexibility index (Phi) is 3.51. The molecule has 1 N–H and O–H groups in total. The first-order valence-corrected chi connectivity index (χ1v) is 6.52. The number of amides is 1. The van der Waals surface area contributed by atoms with Crippen molar-refractivity contribution in [2.75, 3.05) is 5.32 Å². The number of nitrogens with zero attached hydrogens (tertiary/aromatic N) is 3. The Labute approximate surface area is 121 Å². The van der Waals surface area contributed by atoms with Crippen LogP contribution in [-0.4, -0.2) is 20.6 Å². The van der Waals surface area contributed by atoms with Crippen LogP contribution >= 0.6 is 0 Å². The van der Waals surface area contributed by atoms with E-state index in [0.717, 1.165) is 5.56 Å². The molecule has 21 heavy (non-hydrogen) atoms. The zero-order valence-corrected chi connectivity index (χ0v) is 11.5. The summed E-state index contributed by atoms with van der Waals surface area (Å²) in [6, 6.07) is 11.5. The molecule has 3 rings (SSSR count). The van der Waals surface area contributed by atoms with Crippen LogP contribution in [0, 0.1) is 6.92 Å². The number of rotatable bonds is 4. The van der Waals surface area contributed by atoms with Crippen LogP contribution in [0.3, 0.4) is 0 Å². The average Bonchev–Trinajstić information content (AvgIpc) is 3.10. The molecular weight excluding hydrogens is 268 g/mol. The van der Waals surface area contributed by atoms with E-state index in [2.05, 4.69) is 15.5 Å². The molecule has 0 atom stereocenters. The molecule has 0 bridgehead atoms. The summed E-state index contributed by atoms with van der Waals surface area (Å²) in [6.07, 6.45) is 3.46. The summed E-state index contributed by atoms with van der Waals surface area (Å²) in [5, 5.41) is 6.41. The fraction of sp³-hybridized carbons (Fsp3) is 0.133. The molecular formula is C15H14N4O2. The third-order valence-corrected chi connectivity index (χ3v) is 2.99. The number of aryl methyl sites for hydroxylation is 1. The summed E-state index contributed by atoms with van der Waals surface area (Å²) in [5.74, 6) is 0.274. The highest BCUT2D eigenvalue weighted by atomic mass is 16.5. The standard InChI is InChI=1S/C15H14N4O2/c1-11-9-13(21-18-11)14(20)17-15-16-7-8-19(15)10-12-5-3-2-4-6-12/h2-9H,10H2,1H3,(H,16,17,20). The summed E-state index contributed by atoms with van der Waals surface area (Å²) in [5.41, 5.74) is 1.79. The summed E-state index contributed by atoms with van der Waals surface area (Å²) < 4.78 is 6.79. The van der Waals surface area contributed by atoms with Crippen molar-refractivity contribution in [3.05, 3.63) is 65.8 Å². The molecule has 0 saturated carbocycles. The molecule has 1 aromatic carbocycles. The quantitative estimate of drug-likeness (QED) is 0.798. The molecule has 3 aromatic rings. The van der Waals surface area contributed by atoms with Crippen LogP contribution in [0.1, 0.15) is 21.8 Å². The minimum Gasteiger partial charge on any atom is -0.351 e. The predicted molar refractivity (Wildman–Crippen MR) is 77.0 cm³/mol. The van der Waals surface area contributed by atoms with Gasteiger partial charge in [0.1, 0.15) is 0 Å². The summed E-state index contributed by atoms with van der Waals surface area (Å²) >= 11 is 0. The largest absolute Gasteiger partial charge is 0.351 e. The maximum Gasteiger partial charge on any atom is 0.296 e. The molecule has 0 saturated heterocycles. The van der Waals surface area contributed by atoms with E-state index >= 15 is 0 Å². The predicted octanol–water partition coefficient (Wildman–Crippen LogP) is 2.48. The van der Waals surface area contributed by atoms with Crippen LogP contribution < -0.4 is 5.32 Å². The van der Waals surface area contributed by atoms with Crippen molar-refractivity contribution in [3.63, 3.8) is 0 Å². The maximum atomic E-state index is 12.0. The van der Waals surface area contributed by atoms with E-state index in [1.54, 1.807) is 19.2 Å². The second-order valence-electron chi connectivity index (χ2n) is 4.65. The third kappa shape index (κ3) is 3.00. The number of hydrogen-bond acceptors (Lipinski definition) is 4. The number of carbonyl (C=O) groups excluding carboxylic acids is 1. The number of benzene rings is 1. The van der Waals surface area contributed by atoms with Gasteiger partial charge in [0.05, 0.1) is 12.2 Å². The first kappa shape index (κ1) is 13.1. The van der Waals surface area contributed by atoms with Crippen LogP contribution in [0.2, 0.25) is 0 Å². The third-order valence-electron chi connectivity index (χ3n) is 2.99. The zero-order valence-electron chi connectivity index (χ0n) is 11.5. The highest BCUT2D eigenvalue weighted by molar-refractivity contribution is 6.01. The van der Waals surface area contributed by atoms with Gasteiger partial charge in [-0.3, -0.25) is 10.1 Å². The highest BCUT2D eigenvalue weighted by Crippen LogP contribution is 2.11. The van der Waals surface area contributed by atoms with Crippen LogP contribution in [0.15, 0.2) is 53.3 Å². The van der Waals surface area contributed by atoms with Crippen LogP contribution in [0.4, 0.5) is 5.95 Å². The van der Waals surface area contributed by atoms with Crippen molar-refractivity contribution >= 4 is 11.9 Å². The van der Waals surface area contributed by atoms with Crippen molar-refractivity contribution < 1.29 is 9.32 Å². The molecule has 2 aromatic heterocycles. The van der Waals surface area contributed by atoms with Gasteiger partial charge in [-0.15, -0.1) is 0 Å². The molecule has 2 heterocycles. The van der Waals surface area contributed by atoms with E-state index in [1.807, 2.05) is 41.1 Å². The SMILES string of the molecule is Cc1cc(C(=O)Nc2nccn2Cc2ccccc2)on1. The fourth-order valence-electron chi connectivity index (χ4n) is 1.97. The van der Waals surface area contributed by atoms with Crippen molar-refractivity contribution in [2.45, 2.75) is 13.5 Å². The lowest BCUT2D eigenvalue weighted by Gasteiger charge is -2.08. The molecule has 0 aliphatic rings. The Morgan fingerprint density at radius 1 is 1.33 bits per heavy atom. The molecule has 0 aliphatic heterocycles. The van der Waals surface area contributed by atoms with E-state index in [4.69, 9.17) is 4.52 Å². The van der Waals surface area contributed by atoms with Gasteiger partial charge in [0.25, 0.3) is 5.91 Å². The smallest absolute Gasteiger partial charge is 0.296 e. The summed E-state index contributed by atoms with van der Waals surface area (Å²) in [4.78, 5) is 16.2. The molecule has 0 aliphatic carbocycles. The van der Waals surface area contributed by atoms with Crippen molar-refractivity contribution in [1.82, 2.24) is 14.7 Å². The number of nitrogens with one attached hydrogen (secondary N) is 1. The number of anilines is 1. The number of carbonyl (C=O) groups is 1. The molecule has 0 spiro atoms. The monoisotopic (exact) mass is 282 g/mol. The van der Waals surface area contributed by atoms with Gasteiger partial charge >= 0.3 is 0 Å². The lowest BCUT2D eigenvalue weighted by Crippen LogP contribution is -2.15. The van der Waals surface area contributed by atoms with E-state index in [9.17, 15) is 4.79 Å². The Morgan fingerprint density at radius 2 is 2.14 bits per heavy atom. The first-order valence-electron chi connectivity index (χ1n) is 6.52.